The Hall–Kier alpha value is -3.15. The van der Waals surface area contributed by atoms with Gasteiger partial charge in [-0.1, -0.05) is 35.0 Å². The van der Waals surface area contributed by atoms with E-state index in [2.05, 4.69) is 15.2 Å². The van der Waals surface area contributed by atoms with Gasteiger partial charge in [-0.05, 0) is 43.2 Å². The van der Waals surface area contributed by atoms with E-state index in [9.17, 15) is 9.59 Å². The first-order valence-corrected chi connectivity index (χ1v) is 7.70. The summed E-state index contributed by atoms with van der Waals surface area (Å²) in [5, 5.41) is 6.40. The lowest BCUT2D eigenvalue weighted by molar-refractivity contribution is -0.110. The summed E-state index contributed by atoms with van der Waals surface area (Å²) in [5.41, 5.74) is 4.13. The van der Waals surface area contributed by atoms with E-state index in [-0.39, 0.29) is 12.5 Å². The third-order valence-corrected chi connectivity index (χ3v) is 3.49. The molecule has 2 rings (SSSR count). The normalized spacial score (nSPS) is 10.5. The van der Waals surface area contributed by atoms with Crippen LogP contribution in [0, 0.1) is 13.8 Å². The molecule has 1 amide bonds. The van der Waals surface area contributed by atoms with Crippen LogP contribution >= 0.6 is 0 Å². The highest BCUT2D eigenvalue weighted by Gasteiger charge is 2.05. The van der Waals surface area contributed by atoms with E-state index in [1.165, 1.54) is 7.11 Å². The number of rotatable bonds is 6. The number of hydrogen-bond acceptors (Lipinski definition) is 5. The van der Waals surface area contributed by atoms with Crippen molar-refractivity contribution in [1.29, 1.82) is 0 Å². The van der Waals surface area contributed by atoms with Crippen molar-refractivity contribution in [3.8, 4) is 0 Å². The molecular formula is C19H20N2O4. The zero-order valence-corrected chi connectivity index (χ0v) is 14.4. The highest BCUT2D eigenvalue weighted by Crippen LogP contribution is 2.15. The van der Waals surface area contributed by atoms with Gasteiger partial charge in [0.25, 0.3) is 5.91 Å². The summed E-state index contributed by atoms with van der Waals surface area (Å²) in [4.78, 5) is 28.2. The first-order chi connectivity index (χ1) is 12.0. The first kappa shape index (κ1) is 18.2. The molecule has 2 aromatic rings. The smallest absolute Gasteiger partial charge is 0.337 e. The average molecular weight is 340 g/mol. The number of carbonyl (C=O) groups excluding carboxylic acids is 2. The summed E-state index contributed by atoms with van der Waals surface area (Å²) in [6.07, 6.45) is 1.09. The van der Waals surface area contributed by atoms with Gasteiger partial charge in [-0.2, -0.15) is 0 Å². The Kier molecular flexibility index (Phi) is 6.28. The molecule has 0 aliphatic heterocycles. The zero-order chi connectivity index (χ0) is 18.2. The molecule has 6 heteroatoms. The number of nitrogens with one attached hydrogen (secondary N) is 1. The lowest BCUT2D eigenvalue weighted by Crippen LogP contribution is -2.13. The molecule has 0 fully saturated rings. The number of esters is 1. The molecule has 0 aromatic heterocycles. The monoisotopic (exact) mass is 340 g/mol. The Labute approximate surface area is 146 Å². The van der Waals surface area contributed by atoms with E-state index in [0.717, 1.165) is 28.6 Å². The predicted octanol–water partition coefficient (Wildman–Crippen LogP) is 3.23. The number of amides is 1. The molecule has 0 saturated carbocycles. The lowest BCUT2D eigenvalue weighted by atomic mass is 10.1. The van der Waals surface area contributed by atoms with Crippen molar-refractivity contribution in [3.05, 3.63) is 64.7 Å². The first-order valence-electron chi connectivity index (χ1n) is 7.70. The molecule has 0 aliphatic carbocycles. The summed E-state index contributed by atoms with van der Waals surface area (Å²) in [7, 11) is 1.33. The number of aryl methyl sites for hydroxylation is 2. The highest BCUT2D eigenvalue weighted by atomic mass is 16.6. The van der Waals surface area contributed by atoms with E-state index in [1.807, 2.05) is 32.0 Å². The fraction of sp³-hybridized carbons (Fsp3) is 0.211. The molecule has 130 valence electrons. The minimum absolute atomic E-state index is 0.189. The minimum Gasteiger partial charge on any atom is -0.465 e. The number of ether oxygens (including phenoxy) is 1. The molecule has 2 aromatic carbocycles. The molecule has 0 bridgehead atoms. The molecule has 0 saturated heterocycles. The van der Waals surface area contributed by atoms with Crippen LogP contribution in [0.1, 0.15) is 27.0 Å². The standard InChI is InChI=1S/C19H20N2O4/c1-13-4-9-17(14(2)10-13)21-18(22)11-20-25-12-15-5-7-16(8-6-15)19(23)24-3/h4-11H,12H2,1-3H3,(H,21,22)/b20-11-. The van der Waals surface area contributed by atoms with Crippen LogP contribution in [0.3, 0.4) is 0 Å². The molecule has 0 spiro atoms. The largest absolute Gasteiger partial charge is 0.465 e. The van der Waals surface area contributed by atoms with Crippen LogP contribution in [0.25, 0.3) is 0 Å². The quantitative estimate of drug-likeness (QED) is 0.497. The van der Waals surface area contributed by atoms with Crippen LogP contribution in [-0.4, -0.2) is 25.2 Å². The van der Waals surface area contributed by atoms with Crippen LogP contribution in [0.2, 0.25) is 0 Å². The van der Waals surface area contributed by atoms with Crippen molar-refractivity contribution in [3.63, 3.8) is 0 Å². The summed E-state index contributed by atoms with van der Waals surface area (Å²) in [5.74, 6) is -0.762. The number of methoxy groups -OCH3 is 1. The molecule has 0 atom stereocenters. The number of nitrogens with zero attached hydrogens (tertiary/aromatic N) is 1. The summed E-state index contributed by atoms with van der Waals surface area (Å²) in [6, 6.07) is 12.5. The Morgan fingerprint density at radius 3 is 2.48 bits per heavy atom. The summed E-state index contributed by atoms with van der Waals surface area (Å²) in [6.45, 7) is 4.11. The molecule has 25 heavy (non-hydrogen) atoms. The maximum absolute atomic E-state index is 11.8. The second kappa shape index (κ2) is 8.63. The second-order valence-corrected chi connectivity index (χ2v) is 5.50. The SMILES string of the molecule is COC(=O)c1ccc(CO/N=C\C(=O)Nc2ccc(C)cc2C)cc1. The van der Waals surface area contributed by atoms with Gasteiger partial charge in [-0.3, -0.25) is 4.79 Å². The van der Waals surface area contributed by atoms with E-state index in [1.54, 1.807) is 24.3 Å². The van der Waals surface area contributed by atoms with Gasteiger partial charge in [0.1, 0.15) is 12.8 Å². The van der Waals surface area contributed by atoms with Crippen molar-refractivity contribution in [2.24, 2.45) is 5.16 Å². The van der Waals surface area contributed by atoms with Gasteiger partial charge in [0.2, 0.25) is 0 Å². The van der Waals surface area contributed by atoms with Crippen molar-refractivity contribution >= 4 is 23.8 Å². The number of benzene rings is 2. The average Bonchev–Trinajstić information content (AvgIpc) is 2.61. The maximum atomic E-state index is 11.8. The Balaban J connectivity index is 1.82. The molecular weight excluding hydrogens is 320 g/mol. The van der Waals surface area contributed by atoms with Crippen LogP contribution in [0.4, 0.5) is 5.69 Å². The zero-order valence-electron chi connectivity index (χ0n) is 14.4. The molecule has 0 heterocycles. The number of carbonyl (C=O) groups is 2. The van der Waals surface area contributed by atoms with Crippen LogP contribution in [0.5, 0.6) is 0 Å². The van der Waals surface area contributed by atoms with Crippen LogP contribution < -0.4 is 5.32 Å². The van der Waals surface area contributed by atoms with Gasteiger partial charge in [-0.25, -0.2) is 4.79 Å². The van der Waals surface area contributed by atoms with Gasteiger partial charge >= 0.3 is 5.97 Å². The van der Waals surface area contributed by atoms with Crippen molar-refractivity contribution in [1.82, 2.24) is 0 Å². The number of oxime groups is 1. The molecule has 0 unspecified atom stereocenters. The topological polar surface area (TPSA) is 77.0 Å². The molecule has 1 N–H and O–H groups in total. The second-order valence-electron chi connectivity index (χ2n) is 5.50. The number of anilines is 1. The predicted molar refractivity (Wildman–Crippen MR) is 95.6 cm³/mol. The van der Waals surface area contributed by atoms with Gasteiger partial charge in [-0.15, -0.1) is 0 Å². The molecule has 0 aliphatic rings. The molecule has 6 nitrogen and oxygen atoms in total. The fourth-order valence-corrected chi connectivity index (χ4v) is 2.17. The van der Waals surface area contributed by atoms with Crippen molar-refractivity contribution in [2.45, 2.75) is 20.5 Å². The highest BCUT2D eigenvalue weighted by molar-refractivity contribution is 6.31. The third-order valence-electron chi connectivity index (χ3n) is 3.49. The van der Waals surface area contributed by atoms with Gasteiger partial charge in [0, 0.05) is 5.69 Å². The Morgan fingerprint density at radius 2 is 1.84 bits per heavy atom. The van der Waals surface area contributed by atoms with E-state index >= 15 is 0 Å². The van der Waals surface area contributed by atoms with Crippen LogP contribution in [-0.2, 0) is 21.0 Å². The van der Waals surface area contributed by atoms with Gasteiger partial charge < -0.3 is 14.9 Å². The van der Waals surface area contributed by atoms with Gasteiger partial charge in [0.05, 0.1) is 12.7 Å². The third kappa shape index (κ3) is 5.46. The maximum Gasteiger partial charge on any atom is 0.337 e. The number of hydrogen-bond donors (Lipinski definition) is 1. The lowest BCUT2D eigenvalue weighted by Gasteiger charge is -2.06. The van der Waals surface area contributed by atoms with Crippen molar-refractivity contribution in [2.75, 3.05) is 12.4 Å². The Morgan fingerprint density at radius 1 is 1.12 bits per heavy atom. The Bertz CT molecular complexity index is 783. The molecule has 0 radical (unpaired) electrons. The fourth-order valence-electron chi connectivity index (χ4n) is 2.17. The van der Waals surface area contributed by atoms with Crippen LogP contribution in [0.15, 0.2) is 47.6 Å². The van der Waals surface area contributed by atoms with E-state index in [0.29, 0.717) is 5.56 Å². The summed E-state index contributed by atoms with van der Waals surface area (Å²) >= 11 is 0. The van der Waals surface area contributed by atoms with Gasteiger partial charge in [0.15, 0.2) is 0 Å². The van der Waals surface area contributed by atoms with Crippen molar-refractivity contribution < 1.29 is 19.2 Å². The minimum atomic E-state index is -0.395. The summed E-state index contributed by atoms with van der Waals surface area (Å²) < 4.78 is 4.63. The van der Waals surface area contributed by atoms with E-state index in [4.69, 9.17) is 4.84 Å². The van der Waals surface area contributed by atoms with E-state index < -0.39 is 5.97 Å².